The summed E-state index contributed by atoms with van der Waals surface area (Å²) >= 11 is 5.57. The Balaban J connectivity index is 1.93. The van der Waals surface area contributed by atoms with Gasteiger partial charge < -0.3 is 4.74 Å². The van der Waals surface area contributed by atoms with E-state index in [4.69, 9.17) is 16.3 Å². The van der Waals surface area contributed by atoms with E-state index in [1.54, 1.807) is 0 Å². The van der Waals surface area contributed by atoms with Gasteiger partial charge in [-0.05, 0) is 12.1 Å². The Morgan fingerprint density at radius 3 is 2.73 bits per heavy atom. The van der Waals surface area contributed by atoms with Crippen LogP contribution >= 0.6 is 11.6 Å². The van der Waals surface area contributed by atoms with Gasteiger partial charge in [-0.25, -0.2) is 4.98 Å². The van der Waals surface area contributed by atoms with E-state index in [1.165, 1.54) is 0 Å². The summed E-state index contributed by atoms with van der Waals surface area (Å²) in [7, 11) is 0. The van der Waals surface area contributed by atoms with Crippen molar-refractivity contribution in [3.05, 3.63) is 42.0 Å². The number of aromatic amines is 1. The van der Waals surface area contributed by atoms with Crippen LogP contribution in [0.5, 0.6) is 5.75 Å². The average molecular weight is 224 g/mol. The lowest BCUT2D eigenvalue weighted by molar-refractivity contribution is 0.296. The van der Waals surface area contributed by atoms with E-state index in [2.05, 4.69) is 15.2 Å². The molecule has 0 aliphatic rings. The highest BCUT2D eigenvalue weighted by Gasteiger charge is 2.01. The Kier molecular flexibility index (Phi) is 3.19. The van der Waals surface area contributed by atoms with Gasteiger partial charge in [0.05, 0.1) is 5.88 Å². The number of aromatic nitrogens is 3. The molecule has 1 aromatic heterocycles. The Bertz CT molecular complexity index is 416. The van der Waals surface area contributed by atoms with E-state index in [9.17, 15) is 0 Å². The quantitative estimate of drug-likeness (QED) is 0.808. The molecule has 0 aliphatic heterocycles. The lowest BCUT2D eigenvalue weighted by atomic mass is 10.3. The predicted octanol–water partition coefficient (Wildman–Crippen LogP) is 2.12. The van der Waals surface area contributed by atoms with Crippen LogP contribution in [0.2, 0.25) is 0 Å². The van der Waals surface area contributed by atoms with Crippen LogP contribution in [0, 0.1) is 0 Å². The molecule has 0 atom stereocenters. The fraction of sp³-hybridized carbons (Fsp3) is 0.200. The van der Waals surface area contributed by atoms with Crippen molar-refractivity contribution in [2.24, 2.45) is 0 Å². The third-order valence-electron chi connectivity index (χ3n) is 1.82. The monoisotopic (exact) mass is 223 g/mol. The lowest BCUT2D eigenvalue weighted by Gasteiger charge is -2.02. The molecule has 5 heteroatoms. The highest BCUT2D eigenvalue weighted by molar-refractivity contribution is 6.16. The van der Waals surface area contributed by atoms with Crippen LogP contribution in [-0.4, -0.2) is 15.2 Å². The molecule has 15 heavy (non-hydrogen) atoms. The van der Waals surface area contributed by atoms with Crippen molar-refractivity contribution in [2.75, 3.05) is 0 Å². The van der Waals surface area contributed by atoms with Gasteiger partial charge in [-0.15, -0.1) is 11.6 Å². The number of alkyl halides is 1. The highest BCUT2D eigenvalue weighted by atomic mass is 35.5. The summed E-state index contributed by atoms with van der Waals surface area (Å²) in [5.74, 6) is 2.38. The van der Waals surface area contributed by atoms with Gasteiger partial charge in [0.15, 0.2) is 11.6 Å². The largest absolute Gasteiger partial charge is 0.486 e. The third kappa shape index (κ3) is 2.70. The summed E-state index contributed by atoms with van der Waals surface area (Å²) in [6, 6.07) is 9.55. The van der Waals surface area contributed by atoms with Crippen molar-refractivity contribution < 1.29 is 4.74 Å². The van der Waals surface area contributed by atoms with Crippen LogP contribution in [0.15, 0.2) is 30.3 Å². The van der Waals surface area contributed by atoms with Gasteiger partial charge in [0.25, 0.3) is 0 Å². The Morgan fingerprint density at radius 1 is 1.27 bits per heavy atom. The van der Waals surface area contributed by atoms with Crippen LogP contribution in [0.25, 0.3) is 0 Å². The first-order valence-corrected chi connectivity index (χ1v) is 5.06. The van der Waals surface area contributed by atoms with Gasteiger partial charge in [-0.1, -0.05) is 18.2 Å². The Hall–Kier alpha value is -1.55. The van der Waals surface area contributed by atoms with Crippen molar-refractivity contribution in [2.45, 2.75) is 12.5 Å². The van der Waals surface area contributed by atoms with Crippen LogP contribution in [-0.2, 0) is 12.5 Å². The molecule has 78 valence electrons. The fourth-order valence-electron chi connectivity index (χ4n) is 1.13. The highest BCUT2D eigenvalue weighted by Crippen LogP contribution is 2.09. The first-order chi connectivity index (χ1) is 7.38. The summed E-state index contributed by atoms with van der Waals surface area (Å²) in [5.41, 5.74) is 0. The van der Waals surface area contributed by atoms with Gasteiger partial charge in [0.2, 0.25) is 0 Å². The molecule has 0 fully saturated rings. The lowest BCUT2D eigenvalue weighted by Crippen LogP contribution is -1.97. The normalized spacial score (nSPS) is 10.2. The number of ether oxygens (including phenoxy) is 1. The molecular weight excluding hydrogens is 214 g/mol. The minimum absolute atomic E-state index is 0.307. The molecule has 2 aromatic rings. The molecule has 2 rings (SSSR count). The number of hydrogen-bond donors (Lipinski definition) is 1. The second-order valence-electron chi connectivity index (χ2n) is 2.93. The molecule has 1 N–H and O–H groups in total. The summed E-state index contributed by atoms with van der Waals surface area (Å²) in [5, 5.41) is 6.66. The molecule has 0 radical (unpaired) electrons. The van der Waals surface area contributed by atoms with Gasteiger partial charge >= 0.3 is 0 Å². The molecule has 0 unspecified atom stereocenters. The SMILES string of the molecule is ClCc1n[nH]c(COc2ccccc2)n1. The third-order valence-corrected chi connectivity index (χ3v) is 2.06. The van der Waals surface area contributed by atoms with E-state index in [1.807, 2.05) is 30.3 Å². The second-order valence-corrected chi connectivity index (χ2v) is 3.20. The van der Waals surface area contributed by atoms with E-state index in [0.717, 1.165) is 5.75 Å². The van der Waals surface area contributed by atoms with Crippen molar-refractivity contribution in [1.82, 2.24) is 15.2 Å². The Labute approximate surface area is 92.3 Å². The number of nitrogens with one attached hydrogen (secondary N) is 1. The molecule has 0 spiro atoms. The summed E-state index contributed by atoms with van der Waals surface area (Å²) < 4.78 is 5.47. The van der Waals surface area contributed by atoms with Crippen molar-refractivity contribution in [1.29, 1.82) is 0 Å². The van der Waals surface area contributed by atoms with Gasteiger partial charge in [-0.3, -0.25) is 5.10 Å². The molecule has 0 bridgehead atoms. The van der Waals surface area contributed by atoms with Crippen LogP contribution < -0.4 is 4.74 Å². The van der Waals surface area contributed by atoms with Crippen molar-refractivity contribution >= 4 is 11.6 Å². The molecule has 1 aromatic carbocycles. The number of nitrogens with zero attached hydrogens (tertiary/aromatic N) is 2. The average Bonchev–Trinajstić information content (AvgIpc) is 2.76. The molecule has 0 amide bonds. The number of halogens is 1. The maximum Gasteiger partial charge on any atom is 0.165 e. The number of hydrogen-bond acceptors (Lipinski definition) is 3. The molecule has 0 saturated carbocycles. The second kappa shape index (κ2) is 4.79. The first kappa shape index (κ1) is 9.98. The van der Waals surface area contributed by atoms with Crippen molar-refractivity contribution in [3.63, 3.8) is 0 Å². The van der Waals surface area contributed by atoms with Crippen LogP contribution in [0.4, 0.5) is 0 Å². The number of para-hydroxylation sites is 1. The van der Waals surface area contributed by atoms with Crippen molar-refractivity contribution in [3.8, 4) is 5.75 Å². The standard InChI is InChI=1S/C10H10ClN3O/c11-6-9-12-10(14-13-9)7-15-8-4-2-1-3-5-8/h1-5H,6-7H2,(H,12,13,14). The van der Waals surface area contributed by atoms with E-state index in [-0.39, 0.29) is 0 Å². The molecule has 0 aliphatic carbocycles. The zero-order valence-electron chi connectivity index (χ0n) is 7.98. The Morgan fingerprint density at radius 2 is 2.07 bits per heavy atom. The molecule has 4 nitrogen and oxygen atoms in total. The summed E-state index contributed by atoms with van der Waals surface area (Å²) in [4.78, 5) is 4.12. The van der Waals surface area contributed by atoms with Gasteiger partial charge in [0.1, 0.15) is 12.4 Å². The minimum Gasteiger partial charge on any atom is -0.486 e. The topological polar surface area (TPSA) is 50.8 Å². The smallest absolute Gasteiger partial charge is 0.165 e. The molecular formula is C10H10ClN3O. The number of H-pyrrole nitrogens is 1. The van der Waals surface area contributed by atoms with Gasteiger partial charge in [-0.2, -0.15) is 5.10 Å². The zero-order chi connectivity index (χ0) is 10.5. The van der Waals surface area contributed by atoms with E-state index < -0.39 is 0 Å². The van der Waals surface area contributed by atoms with Crippen LogP contribution in [0.3, 0.4) is 0 Å². The maximum atomic E-state index is 5.57. The fourth-order valence-corrected chi connectivity index (χ4v) is 1.25. The predicted molar refractivity (Wildman–Crippen MR) is 56.7 cm³/mol. The first-order valence-electron chi connectivity index (χ1n) is 4.52. The van der Waals surface area contributed by atoms with Crippen LogP contribution in [0.1, 0.15) is 11.6 Å². The van der Waals surface area contributed by atoms with E-state index in [0.29, 0.717) is 24.1 Å². The maximum absolute atomic E-state index is 5.57. The minimum atomic E-state index is 0.307. The summed E-state index contributed by atoms with van der Waals surface area (Å²) in [6.45, 7) is 0.369. The van der Waals surface area contributed by atoms with Gasteiger partial charge in [0, 0.05) is 0 Å². The summed E-state index contributed by atoms with van der Waals surface area (Å²) in [6.07, 6.45) is 0. The number of rotatable bonds is 4. The molecule has 1 heterocycles. The van der Waals surface area contributed by atoms with E-state index >= 15 is 0 Å². The zero-order valence-corrected chi connectivity index (χ0v) is 8.74. The number of benzene rings is 1. The molecule has 0 saturated heterocycles.